The Labute approximate surface area is 116 Å². The summed E-state index contributed by atoms with van der Waals surface area (Å²) in [5.74, 6) is 0. The van der Waals surface area contributed by atoms with Gasteiger partial charge in [-0.3, -0.25) is 0 Å². The lowest BCUT2D eigenvalue weighted by molar-refractivity contribution is 1.20. The van der Waals surface area contributed by atoms with E-state index in [1.54, 1.807) is 18.1 Å². The van der Waals surface area contributed by atoms with Gasteiger partial charge >= 0.3 is 0 Å². The number of imidazole rings is 1. The molecule has 1 heterocycles. The van der Waals surface area contributed by atoms with Crippen LogP contribution in [0.4, 0.5) is 0 Å². The summed E-state index contributed by atoms with van der Waals surface area (Å²) < 4.78 is 0. The molecule has 94 valence electrons. The third-order valence-corrected chi connectivity index (χ3v) is 3.91. The molecule has 19 heavy (non-hydrogen) atoms. The van der Waals surface area contributed by atoms with Gasteiger partial charge in [-0.25, -0.2) is 4.98 Å². The third kappa shape index (κ3) is 2.71. The number of nitrogens with zero attached hydrogens (tertiary/aromatic N) is 1. The van der Waals surface area contributed by atoms with Crippen molar-refractivity contribution in [2.24, 2.45) is 0 Å². The fraction of sp³-hybridized carbons (Fsp3) is 0.0625. The second-order valence-corrected chi connectivity index (χ2v) is 5.43. The predicted molar refractivity (Wildman–Crippen MR) is 79.3 cm³/mol. The smallest absolute Gasteiger partial charge is 0.127 e. The highest BCUT2D eigenvalue weighted by atomic mass is 32.2. The number of nitrogens with one attached hydrogen (secondary N) is 1. The molecule has 0 aliphatic rings. The van der Waals surface area contributed by atoms with Gasteiger partial charge in [0.25, 0.3) is 0 Å². The van der Waals surface area contributed by atoms with Crippen molar-refractivity contribution in [3.8, 4) is 11.3 Å². The minimum absolute atomic E-state index is 1.01. The Morgan fingerprint density at radius 1 is 0.947 bits per heavy atom. The van der Waals surface area contributed by atoms with Crippen molar-refractivity contribution in [1.82, 2.24) is 9.97 Å². The van der Waals surface area contributed by atoms with Gasteiger partial charge in [-0.2, -0.15) is 0 Å². The lowest BCUT2D eigenvalue weighted by Gasteiger charge is -2.03. The molecular weight excluding hydrogens is 252 g/mol. The second-order valence-electron chi connectivity index (χ2n) is 4.36. The monoisotopic (exact) mass is 266 g/mol. The third-order valence-electron chi connectivity index (χ3n) is 2.90. The molecule has 1 aromatic heterocycles. The first-order chi connectivity index (χ1) is 9.33. The molecular formula is C16H14N2S. The Kier molecular flexibility index (Phi) is 3.38. The number of aryl methyl sites for hydroxylation is 1. The lowest BCUT2D eigenvalue weighted by atomic mass is 10.2. The Morgan fingerprint density at radius 3 is 2.42 bits per heavy atom. The Balaban J connectivity index is 1.91. The maximum Gasteiger partial charge on any atom is 0.127 e. The lowest BCUT2D eigenvalue weighted by Crippen LogP contribution is -1.81. The first kappa shape index (κ1) is 12.1. The van der Waals surface area contributed by atoms with Crippen LogP contribution in [-0.4, -0.2) is 9.97 Å². The minimum atomic E-state index is 1.01. The normalized spacial score (nSPS) is 10.6. The zero-order valence-electron chi connectivity index (χ0n) is 10.6. The molecule has 0 aliphatic carbocycles. The average molecular weight is 266 g/mol. The molecule has 0 amide bonds. The maximum absolute atomic E-state index is 4.42. The summed E-state index contributed by atoms with van der Waals surface area (Å²) >= 11 is 1.68. The van der Waals surface area contributed by atoms with Crippen LogP contribution in [0.15, 0.2) is 70.8 Å². The van der Waals surface area contributed by atoms with Crippen LogP contribution in [-0.2, 0) is 0 Å². The van der Waals surface area contributed by atoms with E-state index in [1.807, 2.05) is 18.2 Å². The Hall–Kier alpha value is -2.00. The molecule has 0 saturated carbocycles. The van der Waals surface area contributed by atoms with Gasteiger partial charge in [-0.05, 0) is 19.1 Å². The average Bonchev–Trinajstić information content (AvgIpc) is 2.90. The van der Waals surface area contributed by atoms with Gasteiger partial charge in [0.05, 0.1) is 12.0 Å². The van der Waals surface area contributed by atoms with Crippen molar-refractivity contribution in [2.75, 3.05) is 0 Å². The standard InChI is InChI=1S/C16H14N2S/c1-12-7-9-14(10-8-12)19-16-15(17-11-18-16)13-5-3-2-4-6-13/h2-11H,1H3,(H,17,18). The number of H-pyrrole nitrogens is 1. The fourth-order valence-corrected chi connectivity index (χ4v) is 2.77. The van der Waals surface area contributed by atoms with Gasteiger partial charge in [0.15, 0.2) is 0 Å². The molecule has 0 unspecified atom stereocenters. The number of hydrogen-bond donors (Lipinski definition) is 1. The van der Waals surface area contributed by atoms with Gasteiger partial charge in [-0.15, -0.1) is 0 Å². The summed E-state index contributed by atoms with van der Waals surface area (Å²) in [6.45, 7) is 2.10. The molecule has 3 rings (SSSR count). The highest BCUT2D eigenvalue weighted by molar-refractivity contribution is 7.99. The van der Waals surface area contributed by atoms with E-state index in [0.29, 0.717) is 0 Å². The number of benzene rings is 2. The van der Waals surface area contributed by atoms with Crippen LogP contribution in [0.2, 0.25) is 0 Å². The van der Waals surface area contributed by atoms with E-state index in [4.69, 9.17) is 0 Å². The first-order valence-electron chi connectivity index (χ1n) is 6.16. The summed E-state index contributed by atoms with van der Waals surface area (Å²) in [5.41, 5.74) is 3.51. The van der Waals surface area contributed by atoms with Crippen LogP contribution in [0.25, 0.3) is 11.3 Å². The fourth-order valence-electron chi connectivity index (χ4n) is 1.89. The molecule has 0 radical (unpaired) electrons. The molecule has 0 saturated heterocycles. The van der Waals surface area contributed by atoms with Gasteiger partial charge in [0.2, 0.25) is 0 Å². The van der Waals surface area contributed by atoms with E-state index in [-0.39, 0.29) is 0 Å². The molecule has 0 bridgehead atoms. The van der Waals surface area contributed by atoms with Crippen LogP contribution in [0.3, 0.4) is 0 Å². The summed E-state index contributed by atoms with van der Waals surface area (Å²) in [5, 5.41) is 1.01. The molecule has 3 aromatic rings. The van der Waals surface area contributed by atoms with Gasteiger partial charge in [0, 0.05) is 10.5 Å². The molecule has 2 aromatic carbocycles. The zero-order valence-corrected chi connectivity index (χ0v) is 11.4. The van der Waals surface area contributed by atoms with E-state index in [9.17, 15) is 0 Å². The van der Waals surface area contributed by atoms with Crippen LogP contribution in [0.1, 0.15) is 5.56 Å². The molecule has 3 heteroatoms. The van der Waals surface area contributed by atoms with Crippen molar-refractivity contribution in [2.45, 2.75) is 16.8 Å². The van der Waals surface area contributed by atoms with Crippen LogP contribution in [0, 0.1) is 6.92 Å². The van der Waals surface area contributed by atoms with Crippen molar-refractivity contribution in [3.05, 3.63) is 66.5 Å². The number of aromatic amines is 1. The summed E-state index contributed by atoms with van der Waals surface area (Å²) in [7, 11) is 0. The number of aromatic nitrogens is 2. The molecule has 0 spiro atoms. The molecule has 0 aliphatic heterocycles. The topological polar surface area (TPSA) is 28.7 Å². The van der Waals surface area contributed by atoms with E-state index < -0.39 is 0 Å². The predicted octanol–water partition coefficient (Wildman–Crippen LogP) is 4.54. The van der Waals surface area contributed by atoms with Crippen molar-refractivity contribution in [1.29, 1.82) is 0 Å². The molecule has 0 atom stereocenters. The van der Waals surface area contributed by atoms with Gasteiger partial charge < -0.3 is 4.98 Å². The summed E-state index contributed by atoms with van der Waals surface area (Å²) in [6.07, 6.45) is 1.75. The largest absolute Gasteiger partial charge is 0.344 e. The van der Waals surface area contributed by atoms with Crippen LogP contribution in [0.5, 0.6) is 0 Å². The first-order valence-corrected chi connectivity index (χ1v) is 6.98. The molecule has 0 fully saturated rings. The Morgan fingerprint density at radius 2 is 1.68 bits per heavy atom. The highest BCUT2D eigenvalue weighted by Crippen LogP contribution is 2.33. The van der Waals surface area contributed by atoms with Crippen molar-refractivity contribution in [3.63, 3.8) is 0 Å². The number of rotatable bonds is 3. The van der Waals surface area contributed by atoms with Crippen LogP contribution < -0.4 is 0 Å². The number of hydrogen-bond acceptors (Lipinski definition) is 2. The quantitative estimate of drug-likeness (QED) is 0.754. The van der Waals surface area contributed by atoms with Crippen molar-refractivity contribution >= 4 is 11.8 Å². The van der Waals surface area contributed by atoms with E-state index in [2.05, 4.69) is 53.3 Å². The highest BCUT2D eigenvalue weighted by Gasteiger charge is 2.09. The zero-order chi connectivity index (χ0) is 13.1. The summed E-state index contributed by atoms with van der Waals surface area (Å²) in [6, 6.07) is 18.8. The van der Waals surface area contributed by atoms with Crippen molar-refractivity contribution < 1.29 is 0 Å². The van der Waals surface area contributed by atoms with E-state index in [0.717, 1.165) is 16.3 Å². The second kappa shape index (κ2) is 5.33. The van der Waals surface area contributed by atoms with E-state index >= 15 is 0 Å². The van der Waals surface area contributed by atoms with Gasteiger partial charge in [0.1, 0.15) is 5.03 Å². The van der Waals surface area contributed by atoms with Gasteiger partial charge in [-0.1, -0.05) is 59.8 Å². The van der Waals surface area contributed by atoms with Crippen LogP contribution >= 0.6 is 11.8 Å². The molecule has 2 nitrogen and oxygen atoms in total. The minimum Gasteiger partial charge on any atom is -0.344 e. The summed E-state index contributed by atoms with van der Waals surface area (Å²) in [4.78, 5) is 8.84. The maximum atomic E-state index is 4.42. The SMILES string of the molecule is Cc1ccc(Sc2nc[nH]c2-c2ccccc2)cc1. The molecule has 1 N–H and O–H groups in total. The van der Waals surface area contributed by atoms with E-state index in [1.165, 1.54) is 10.5 Å². The Bertz CT molecular complexity index is 657.